The number of nitrogens with one attached hydrogen (secondary N) is 1. The normalized spacial score (nSPS) is 10.8. The summed E-state index contributed by atoms with van der Waals surface area (Å²) in [6.07, 6.45) is 3.90. The fraction of sp³-hybridized carbons (Fsp3) is 0.233. The zero-order valence-electron chi connectivity index (χ0n) is 22.7. The van der Waals surface area contributed by atoms with E-state index in [4.69, 9.17) is 18.6 Å². The van der Waals surface area contributed by atoms with Crippen molar-refractivity contribution in [3.63, 3.8) is 0 Å². The Morgan fingerprint density at radius 3 is 2.66 bits per heavy atom. The minimum Gasteiger partial charge on any atom is -0.497 e. The third kappa shape index (κ3) is 8.84. The molecular weight excluding hydrogens is 542 g/mol. The molecule has 0 radical (unpaired) electrons. The number of ether oxygens (including phenoxy) is 3. The number of amides is 1. The average Bonchev–Trinajstić information content (AvgIpc) is 3.47. The predicted molar refractivity (Wildman–Crippen MR) is 154 cm³/mol. The van der Waals surface area contributed by atoms with E-state index >= 15 is 0 Å². The summed E-state index contributed by atoms with van der Waals surface area (Å²) in [7, 11) is 3.18. The highest BCUT2D eigenvalue weighted by Crippen LogP contribution is 2.28. The monoisotopic (exact) mass is 571 g/mol. The lowest BCUT2D eigenvalue weighted by Crippen LogP contribution is -2.19. The number of nitrogens with zero attached hydrogens (tertiary/aromatic N) is 4. The van der Waals surface area contributed by atoms with Crippen molar-refractivity contribution < 1.29 is 23.4 Å². The van der Waals surface area contributed by atoms with Crippen molar-refractivity contribution in [2.75, 3.05) is 20.0 Å². The van der Waals surface area contributed by atoms with Crippen LogP contribution in [0.2, 0.25) is 0 Å². The molecule has 0 aliphatic rings. The average molecular weight is 572 g/mol. The molecule has 210 valence electrons. The highest BCUT2D eigenvalue weighted by molar-refractivity contribution is 7.99. The number of carbonyl (C=O) groups is 1. The maximum absolute atomic E-state index is 12.2. The van der Waals surface area contributed by atoms with Gasteiger partial charge in [0.2, 0.25) is 5.89 Å². The smallest absolute Gasteiger partial charge is 0.277 e. The Morgan fingerprint density at radius 1 is 1.05 bits per heavy atom. The van der Waals surface area contributed by atoms with Gasteiger partial charge in [0.1, 0.15) is 12.4 Å². The Hall–Kier alpha value is -4.82. The summed E-state index contributed by atoms with van der Waals surface area (Å²) in [5.74, 6) is 2.16. The van der Waals surface area contributed by atoms with Crippen molar-refractivity contribution in [2.24, 2.45) is 5.10 Å². The quantitative estimate of drug-likeness (QED) is 0.127. The predicted octanol–water partition coefficient (Wildman–Crippen LogP) is 4.96. The second kappa shape index (κ2) is 15.1. The molecule has 41 heavy (non-hydrogen) atoms. The van der Waals surface area contributed by atoms with Crippen LogP contribution in [0.15, 0.2) is 81.5 Å². The zero-order chi connectivity index (χ0) is 28.9. The van der Waals surface area contributed by atoms with Crippen LogP contribution in [0, 0.1) is 11.3 Å². The number of hydrogen-bond acceptors (Lipinski definition) is 10. The molecule has 4 rings (SSSR count). The van der Waals surface area contributed by atoms with Crippen LogP contribution in [0.5, 0.6) is 17.2 Å². The van der Waals surface area contributed by atoms with Gasteiger partial charge >= 0.3 is 0 Å². The second-order valence-corrected chi connectivity index (χ2v) is 9.64. The molecule has 0 saturated heterocycles. The van der Waals surface area contributed by atoms with Crippen LogP contribution in [-0.2, 0) is 24.2 Å². The van der Waals surface area contributed by atoms with Crippen molar-refractivity contribution in [1.29, 1.82) is 5.26 Å². The summed E-state index contributed by atoms with van der Waals surface area (Å²) in [6.45, 7) is 0.229. The first-order valence-electron chi connectivity index (χ1n) is 12.8. The van der Waals surface area contributed by atoms with Gasteiger partial charge in [-0.15, -0.1) is 10.2 Å². The lowest BCUT2D eigenvalue weighted by molar-refractivity contribution is -0.118. The van der Waals surface area contributed by atoms with Crippen molar-refractivity contribution in [3.05, 3.63) is 94.9 Å². The standard InChI is InChI=1S/C30H29N5O5S/c1-37-25-13-10-21(11-14-25)6-5-9-29-34-35-30(40-29)41-20-28(36)33-32-18-22-12-15-26(27(16-22)38-2)39-19-24-8-4-3-7-23(24)17-31/h3-4,7-8,10-16,18H,5-6,9,19-20H2,1-2H3,(H,33,36)/b32-18-. The molecule has 1 aromatic heterocycles. The number of benzene rings is 3. The van der Waals surface area contributed by atoms with Crippen LogP contribution in [-0.4, -0.2) is 42.3 Å². The summed E-state index contributed by atoms with van der Waals surface area (Å²) in [5, 5.41) is 21.7. The van der Waals surface area contributed by atoms with Gasteiger partial charge in [-0.2, -0.15) is 10.4 Å². The number of thioether (sulfide) groups is 1. The van der Waals surface area contributed by atoms with Gasteiger partial charge in [-0.3, -0.25) is 4.79 Å². The van der Waals surface area contributed by atoms with E-state index in [1.165, 1.54) is 18.9 Å². The van der Waals surface area contributed by atoms with Gasteiger partial charge in [0.05, 0.1) is 37.8 Å². The van der Waals surface area contributed by atoms with Gasteiger partial charge in [-0.05, 0) is 60.4 Å². The van der Waals surface area contributed by atoms with E-state index < -0.39 is 0 Å². The molecule has 10 nitrogen and oxygen atoms in total. The van der Waals surface area contributed by atoms with Gasteiger partial charge in [0.15, 0.2) is 11.5 Å². The molecular formula is C30H29N5O5S. The lowest BCUT2D eigenvalue weighted by Gasteiger charge is -2.12. The molecule has 1 heterocycles. The van der Waals surface area contributed by atoms with E-state index in [0.717, 1.165) is 35.9 Å². The van der Waals surface area contributed by atoms with E-state index in [-0.39, 0.29) is 18.3 Å². The van der Waals surface area contributed by atoms with E-state index in [2.05, 4.69) is 26.8 Å². The number of aryl methyl sites for hydroxylation is 2. The van der Waals surface area contributed by atoms with Crippen LogP contribution >= 0.6 is 11.8 Å². The van der Waals surface area contributed by atoms with E-state index in [9.17, 15) is 10.1 Å². The third-order valence-corrected chi connectivity index (χ3v) is 6.72. The lowest BCUT2D eigenvalue weighted by atomic mass is 10.1. The molecule has 0 aliphatic carbocycles. The topological polar surface area (TPSA) is 132 Å². The molecule has 11 heteroatoms. The molecule has 0 aliphatic heterocycles. The number of carbonyl (C=O) groups excluding carboxylic acids is 1. The van der Waals surface area contributed by atoms with Crippen LogP contribution in [0.25, 0.3) is 0 Å². The largest absolute Gasteiger partial charge is 0.497 e. The summed E-state index contributed by atoms with van der Waals surface area (Å²) in [6, 6.07) is 22.6. The zero-order valence-corrected chi connectivity index (χ0v) is 23.5. The van der Waals surface area contributed by atoms with Gasteiger partial charge in [0.25, 0.3) is 11.1 Å². The van der Waals surface area contributed by atoms with Crippen LogP contribution < -0.4 is 19.6 Å². The van der Waals surface area contributed by atoms with Crippen LogP contribution in [0.3, 0.4) is 0 Å². The van der Waals surface area contributed by atoms with Gasteiger partial charge < -0.3 is 18.6 Å². The Kier molecular flexibility index (Phi) is 10.7. The first kappa shape index (κ1) is 29.2. The number of methoxy groups -OCH3 is 2. The second-order valence-electron chi connectivity index (χ2n) is 8.71. The number of rotatable bonds is 14. The maximum Gasteiger partial charge on any atom is 0.277 e. The Labute approximate surface area is 242 Å². The number of hydrazone groups is 1. The SMILES string of the molecule is COc1ccc(CCCc2nnc(SCC(=O)N/N=C\c3ccc(OCc4ccccc4C#N)c(OC)c3)o2)cc1. The van der Waals surface area contributed by atoms with Crippen molar-refractivity contribution >= 4 is 23.9 Å². The van der Waals surface area contributed by atoms with E-state index in [0.29, 0.717) is 40.2 Å². The van der Waals surface area contributed by atoms with Crippen LogP contribution in [0.4, 0.5) is 0 Å². The van der Waals surface area contributed by atoms with E-state index in [1.807, 2.05) is 42.5 Å². The molecule has 1 amide bonds. The highest BCUT2D eigenvalue weighted by atomic mass is 32.2. The fourth-order valence-corrected chi connectivity index (χ4v) is 4.34. The molecule has 0 unspecified atom stereocenters. The molecule has 4 aromatic rings. The van der Waals surface area contributed by atoms with Gasteiger partial charge in [0, 0.05) is 12.0 Å². The molecule has 0 atom stereocenters. The Bertz CT molecular complexity index is 1510. The first-order chi connectivity index (χ1) is 20.1. The van der Waals surface area contributed by atoms with Gasteiger partial charge in [-0.25, -0.2) is 5.43 Å². The molecule has 0 bridgehead atoms. The van der Waals surface area contributed by atoms with Crippen molar-refractivity contribution in [1.82, 2.24) is 15.6 Å². The summed E-state index contributed by atoms with van der Waals surface area (Å²) < 4.78 is 22.1. The molecule has 3 aromatic carbocycles. The van der Waals surface area contributed by atoms with Crippen LogP contribution in [0.1, 0.15) is 34.6 Å². The Balaban J connectivity index is 1.19. The van der Waals surface area contributed by atoms with Crippen molar-refractivity contribution in [3.8, 4) is 23.3 Å². The van der Waals surface area contributed by atoms with Crippen molar-refractivity contribution in [2.45, 2.75) is 31.1 Å². The minimum absolute atomic E-state index is 0.0745. The molecule has 1 N–H and O–H groups in total. The summed E-state index contributed by atoms with van der Waals surface area (Å²) in [4.78, 5) is 12.2. The Morgan fingerprint density at radius 2 is 1.88 bits per heavy atom. The highest BCUT2D eigenvalue weighted by Gasteiger charge is 2.11. The summed E-state index contributed by atoms with van der Waals surface area (Å²) >= 11 is 1.15. The molecule has 0 saturated carbocycles. The number of nitriles is 1. The fourth-order valence-electron chi connectivity index (χ4n) is 3.77. The van der Waals surface area contributed by atoms with E-state index in [1.54, 1.807) is 31.4 Å². The minimum atomic E-state index is -0.311. The maximum atomic E-state index is 12.2. The number of aromatic nitrogens is 2. The summed E-state index contributed by atoms with van der Waals surface area (Å²) in [5.41, 5.74) is 5.74. The molecule has 0 spiro atoms. The number of hydrogen-bond donors (Lipinski definition) is 1. The first-order valence-corrected chi connectivity index (χ1v) is 13.8. The van der Waals surface area contributed by atoms with Gasteiger partial charge in [-0.1, -0.05) is 42.1 Å². The third-order valence-electron chi connectivity index (χ3n) is 5.90. The molecule has 0 fully saturated rings.